The van der Waals surface area contributed by atoms with Gasteiger partial charge in [0.2, 0.25) is 0 Å². The Balaban J connectivity index is 1.76. The molecule has 1 atom stereocenters. The second-order valence-corrected chi connectivity index (χ2v) is 5.80. The Kier molecular flexibility index (Phi) is 6.01. The fraction of sp³-hybridized carbons (Fsp3) is 0.800. The number of nitrogens with zero attached hydrogens (tertiary/aromatic N) is 4. The highest BCUT2D eigenvalue weighted by Gasteiger charge is 2.17. The van der Waals surface area contributed by atoms with Crippen LogP contribution in [0.15, 0.2) is 12.3 Å². The van der Waals surface area contributed by atoms with Crippen molar-refractivity contribution in [3.8, 4) is 0 Å². The van der Waals surface area contributed by atoms with Crippen LogP contribution in [-0.2, 0) is 6.54 Å². The third kappa shape index (κ3) is 4.30. The molecule has 5 heteroatoms. The lowest BCUT2D eigenvalue weighted by molar-refractivity contribution is 0.125. The van der Waals surface area contributed by atoms with Crippen LogP contribution >= 0.6 is 0 Å². The molecule has 0 bridgehead atoms. The van der Waals surface area contributed by atoms with E-state index in [1.165, 1.54) is 5.69 Å². The first-order chi connectivity index (χ1) is 9.72. The normalized spacial score (nSPS) is 19.4. The zero-order valence-corrected chi connectivity index (χ0v) is 13.0. The van der Waals surface area contributed by atoms with E-state index in [2.05, 4.69) is 45.7 Å². The molecule has 1 unspecified atom stereocenters. The summed E-state index contributed by atoms with van der Waals surface area (Å²) in [5, 5.41) is 4.69. The molecule has 0 amide bonds. The van der Waals surface area contributed by atoms with Crippen molar-refractivity contribution < 1.29 is 0 Å². The second kappa shape index (κ2) is 7.76. The van der Waals surface area contributed by atoms with Gasteiger partial charge in [0.05, 0.1) is 5.69 Å². The van der Waals surface area contributed by atoms with Crippen LogP contribution in [0.4, 0.5) is 0 Å². The monoisotopic (exact) mass is 279 g/mol. The molecule has 2 N–H and O–H groups in total. The molecule has 0 aliphatic carbocycles. The van der Waals surface area contributed by atoms with Gasteiger partial charge < -0.3 is 10.6 Å². The molecule has 1 aliphatic rings. The van der Waals surface area contributed by atoms with E-state index in [1.54, 1.807) is 0 Å². The molecular weight excluding hydrogens is 250 g/mol. The number of hydrogen-bond donors (Lipinski definition) is 1. The van der Waals surface area contributed by atoms with Gasteiger partial charge in [-0.1, -0.05) is 6.92 Å². The summed E-state index contributed by atoms with van der Waals surface area (Å²) < 4.78 is 2.09. The quantitative estimate of drug-likeness (QED) is 0.818. The third-order valence-electron chi connectivity index (χ3n) is 4.23. The molecule has 20 heavy (non-hydrogen) atoms. The molecule has 0 radical (unpaired) electrons. The lowest BCUT2D eigenvalue weighted by Crippen LogP contribution is -2.46. The standard InChI is InChI=1S/C15H29N5/c1-3-14(2)20-8-5-15(17-20)13-19-11-9-18(10-12-19)7-4-6-16/h5,8,14H,3-4,6-7,9-13,16H2,1-2H3. The molecule has 1 saturated heterocycles. The average Bonchev–Trinajstić information content (AvgIpc) is 2.94. The molecule has 2 rings (SSSR count). The Morgan fingerprint density at radius 1 is 1.25 bits per heavy atom. The summed E-state index contributed by atoms with van der Waals surface area (Å²) in [6.07, 6.45) is 4.35. The first-order valence-corrected chi connectivity index (χ1v) is 7.91. The van der Waals surface area contributed by atoms with Crippen LogP contribution in [0.25, 0.3) is 0 Å². The SMILES string of the molecule is CCC(C)n1ccc(CN2CCN(CCCN)CC2)n1. The van der Waals surface area contributed by atoms with Crippen LogP contribution in [0.1, 0.15) is 38.4 Å². The fourth-order valence-corrected chi connectivity index (χ4v) is 2.61. The Morgan fingerprint density at radius 3 is 2.60 bits per heavy atom. The molecule has 0 saturated carbocycles. The molecule has 2 heterocycles. The van der Waals surface area contributed by atoms with Gasteiger partial charge in [0, 0.05) is 45.0 Å². The smallest absolute Gasteiger partial charge is 0.0764 e. The van der Waals surface area contributed by atoms with E-state index >= 15 is 0 Å². The van der Waals surface area contributed by atoms with Gasteiger partial charge in [0.15, 0.2) is 0 Å². The van der Waals surface area contributed by atoms with Crippen molar-refractivity contribution in [1.29, 1.82) is 0 Å². The molecule has 114 valence electrons. The first-order valence-electron chi connectivity index (χ1n) is 7.91. The van der Waals surface area contributed by atoms with Gasteiger partial charge in [-0.15, -0.1) is 0 Å². The minimum atomic E-state index is 0.497. The maximum Gasteiger partial charge on any atom is 0.0764 e. The molecule has 1 fully saturated rings. The molecule has 1 aromatic rings. The highest BCUT2D eigenvalue weighted by molar-refractivity contribution is 5.00. The van der Waals surface area contributed by atoms with E-state index in [0.717, 1.165) is 58.7 Å². The van der Waals surface area contributed by atoms with Gasteiger partial charge >= 0.3 is 0 Å². The van der Waals surface area contributed by atoms with Crippen LogP contribution in [0.3, 0.4) is 0 Å². The maximum absolute atomic E-state index is 5.57. The number of aromatic nitrogens is 2. The van der Waals surface area contributed by atoms with Crippen molar-refractivity contribution in [2.75, 3.05) is 39.3 Å². The Hall–Kier alpha value is -0.910. The summed E-state index contributed by atoms with van der Waals surface area (Å²) in [5.74, 6) is 0. The fourth-order valence-electron chi connectivity index (χ4n) is 2.61. The predicted octanol–water partition coefficient (Wildman–Crippen LogP) is 1.32. The van der Waals surface area contributed by atoms with Gasteiger partial charge in [-0.25, -0.2) is 0 Å². The molecular formula is C15H29N5. The number of nitrogens with two attached hydrogens (primary N) is 1. The topological polar surface area (TPSA) is 50.3 Å². The van der Waals surface area contributed by atoms with Crippen molar-refractivity contribution in [3.05, 3.63) is 18.0 Å². The van der Waals surface area contributed by atoms with Crippen molar-refractivity contribution in [2.24, 2.45) is 5.73 Å². The molecule has 1 aromatic heterocycles. The third-order valence-corrected chi connectivity index (χ3v) is 4.23. The largest absolute Gasteiger partial charge is 0.330 e. The molecule has 5 nitrogen and oxygen atoms in total. The van der Waals surface area contributed by atoms with Crippen LogP contribution in [0.5, 0.6) is 0 Å². The Labute approximate surface area is 122 Å². The van der Waals surface area contributed by atoms with E-state index in [-0.39, 0.29) is 0 Å². The Bertz CT molecular complexity index is 381. The van der Waals surface area contributed by atoms with Gasteiger partial charge in [-0.05, 0) is 38.9 Å². The Morgan fingerprint density at radius 2 is 1.95 bits per heavy atom. The van der Waals surface area contributed by atoms with Crippen molar-refractivity contribution in [2.45, 2.75) is 39.3 Å². The average molecular weight is 279 g/mol. The lowest BCUT2D eigenvalue weighted by atomic mass is 10.2. The van der Waals surface area contributed by atoms with Crippen LogP contribution < -0.4 is 5.73 Å². The van der Waals surface area contributed by atoms with Crippen LogP contribution in [-0.4, -0.2) is 58.8 Å². The molecule has 0 spiro atoms. The van der Waals surface area contributed by atoms with Gasteiger partial charge in [-0.3, -0.25) is 9.58 Å². The first kappa shape index (κ1) is 15.5. The van der Waals surface area contributed by atoms with Crippen LogP contribution in [0.2, 0.25) is 0 Å². The van der Waals surface area contributed by atoms with Crippen molar-refractivity contribution in [1.82, 2.24) is 19.6 Å². The highest BCUT2D eigenvalue weighted by Crippen LogP contribution is 2.11. The molecule has 1 aliphatic heterocycles. The summed E-state index contributed by atoms with van der Waals surface area (Å²) in [5.41, 5.74) is 6.76. The zero-order chi connectivity index (χ0) is 14.4. The predicted molar refractivity (Wildman–Crippen MR) is 82.6 cm³/mol. The van der Waals surface area contributed by atoms with Crippen molar-refractivity contribution in [3.63, 3.8) is 0 Å². The lowest BCUT2D eigenvalue weighted by Gasteiger charge is -2.34. The van der Waals surface area contributed by atoms with E-state index < -0.39 is 0 Å². The summed E-state index contributed by atoms with van der Waals surface area (Å²) in [4.78, 5) is 5.02. The minimum absolute atomic E-state index is 0.497. The number of rotatable bonds is 7. The van der Waals surface area contributed by atoms with E-state index in [0.29, 0.717) is 6.04 Å². The van der Waals surface area contributed by atoms with Crippen LogP contribution in [0, 0.1) is 0 Å². The number of piperazine rings is 1. The molecule has 0 aromatic carbocycles. The summed E-state index contributed by atoms with van der Waals surface area (Å²) in [6, 6.07) is 2.66. The van der Waals surface area contributed by atoms with Gasteiger partial charge in [-0.2, -0.15) is 5.10 Å². The number of hydrogen-bond acceptors (Lipinski definition) is 4. The van der Waals surface area contributed by atoms with Gasteiger partial charge in [0.25, 0.3) is 0 Å². The minimum Gasteiger partial charge on any atom is -0.330 e. The van der Waals surface area contributed by atoms with E-state index in [9.17, 15) is 0 Å². The summed E-state index contributed by atoms with van der Waals surface area (Å²) in [7, 11) is 0. The van der Waals surface area contributed by atoms with E-state index in [1.807, 2.05) is 0 Å². The van der Waals surface area contributed by atoms with Crippen molar-refractivity contribution >= 4 is 0 Å². The summed E-state index contributed by atoms with van der Waals surface area (Å²) >= 11 is 0. The van der Waals surface area contributed by atoms with E-state index in [4.69, 9.17) is 5.73 Å². The maximum atomic E-state index is 5.57. The summed E-state index contributed by atoms with van der Waals surface area (Å²) in [6.45, 7) is 11.9. The highest BCUT2D eigenvalue weighted by atomic mass is 15.3. The van der Waals surface area contributed by atoms with Gasteiger partial charge in [0.1, 0.15) is 0 Å². The zero-order valence-electron chi connectivity index (χ0n) is 13.0. The second-order valence-electron chi connectivity index (χ2n) is 5.80.